The number of anilines is 1. The van der Waals surface area contributed by atoms with E-state index in [2.05, 4.69) is 39.9 Å². The lowest BCUT2D eigenvalue weighted by atomic mass is 10.1. The van der Waals surface area contributed by atoms with Crippen molar-refractivity contribution in [3.8, 4) is 5.75 Å². The molecule has 1 unspecified atom stereocenters. The molecule has 0 aliphatic carbocycles. The Bertz CT molecular complexity index is 328. The van der Waals surface area contributed by atoms with Crippen molar-refractivity contribution in [3.05, 3.63) is 24.3 Å². The van der Waals surface area contributed by atoms with Crippen molar-refractivity contribution in [2.45, 2.75) is 19.8 Å². The monoisotopic (exact) mass is 299 g/mol. The Kier molecular flexibility index (Phi) is 6.41. The van der Waals surface area contributed by atoms with E-state index >= 15 is 0 Å². The maximum Gasteiger partial charge on any atom is 0.121 e. The molecule has 0 saturated heterocycles. The van der Waals surface area contributed by atoms with Gasteiger partial charge in [0.2, 0.25) is 0 Å². The van der Waals surface area contributed by atoms with Gasteiger partial charge in [0, 0.05) is 31.2 Å². The minimum Gasteiger partial charge on any atom is -0.494 e. The number of nitrogens with zero attached hydrogens (tertiary/aromatic N) is 1. The van der Waals surface area contributed by atoms with Crippen LogP contribution in [-0.4, -0.2) is 26.0 Å². The van der Waals surface area contributed by atoms with Crippen molar-refractivity contribution in [1.82, 2.24) is 0 Å². The first-order chi connectivity index (χ1) is 8.13. The SMILES string of the molecule is CC(CCBr)CCOc1cccc(N(C)C)c1. The van der Waals surface area contributed by atoms with Crippen LogP contribution in [0.5, 0.6) is 5.75 Å². The summed E-state index contributed by atoms with van der Waals surface area (Å²) in [6.45, 7) is 3.06. The second kappa shape index (κ2) is 7.59. The largest absolute Gasteiger partial charge is 0.494 e. The normalized spacial score (nSPS) is 12.2. The lowest BCUT2D eigenvalue weighted by Gasteiger charge is -2.15. The van der Waals surface area contributed by atoms with Crippen LogP contribution in [0.4, 0.5) is 5.69 Å². The molecule has 1 atom stereocenters. The maximum atomic E-state index is 5.77. The van der Waals surface area contributed by atoms with Crippen LogP contribution >= 0.6 is 15.9 Å². The van der Waals surface area contributed by atoms with Gasteiger partial charge in [0.25, 0.3) is 0 Å². The molecule has 0 aromatic heterocycles. The lowest BCUT2D eigenvalue weighted by molar-refractivity contribution is 0.282. The zero-order valence-electron chi connectivity index (χ0n) is 10.9. The second-order valence-electron chi connectivity index (χ2n) is 4.61. The van der Waals surface area contributed by atoms with E-state index in [-0.39, 0.29) is 0 Å². The molecule has 0 heterocycles. The highest BCUT2D eigenvalue weighted by Gasteiger charge is 2.02. The molecule has 1 rings (SSSR count). The Morgan fingerprint density at radius 3 is 2.71 bits per heavy atom. The number of ether oxygens (including phenoxy) is 1. The first kappa shape index (κ1) is 14.4. The van der Waals surface area contributed by atoms with Gasteiger partial charge in [0.15, 0.2) is 0 Å². The van der Waals surface area contributed by atoms with E-state index < -0.39 is 0 Å². The van der Waals surface area contributed by atoms with Crippen LogP contribution in [0.1, 0.15) is 19.8 Å². The number of hydrogen-bond acceptors (Lipinski definition) is 2. The molecule has 3 heteroatoms. The minimum absolute atomic E-state index is 0.714. The predicted octanol–water partition coefficient (Wildman–Crippen LogP) is 3.94. The van der Waals surface area contributed by atoms with E-state index in [1.165, 1.54) is 12.1 Å². The van der Waals surface area contributed by atoms with Crippen LogP contribution in [0.2, 0.25) is 0 Å². The molecule has 0 N–H and O–H groups in total. The Morgan fingerprint density at radius 1 is 1.29 bits per heavy atom. The van der Waals surface area contributed by atoms with Gasteiger partial charge in [0.1, 0.15) is 5.75 Å². The third-order valence-electron chi connectivity index (χ3n) is 2.82. The predicted molar refractivity (Wildman–Crippen MR) is 78.5 cm³/mol. The zero-order chi connectivity index (χ0) is 12.7. The van der Waals surface area contributed by atoms with Crippen molar-refractivity contribution < 1.29 is 4.74 Å². The van der Waals surface area contributed by atoms with E-state index in [0.29, 0.717) is 5.92 Å². The molecule has 0 saturated carbocycles. The smallest absolute Gasteiger partial charge is 0.121 e. The van der Waals surface area contributed by atoms with Gasteiger partial charge in [-0.25, -0.2) is 0 Å². The quantitative estimate of drug-likeness (QED) is 0.707. The van der Waals surface area contributed by atoms with Crippen LogP contribution < -0.4 is 9.64 Å². The molecule has 0 spiro atoms. The average Bonchev–Trinajstić information content (AvgIpc) is 2.30. The number of hydrogen-bond donors (Lipinski definition) is 0. The summed E-state index contributed by atoms with van der Waals surface area (Å²) in [5, 5.41) is 1.07. The number of alkyl halides is 1. The summed E-state index contributed by atoms with van der Waals surface area (Å²) in [5.74, 6) is 1.67. The first-order valence-electron chi connectivity index (χ1n) is 6.09. The molecule has 0 amide bonds. The molecule has 0 aliphatic heterocycles. The fourth-order valence-corrected chi connectivity index (χ4v) is 2.34. The van der Waals surface area contributed by atoms with Gasteiger partial charge in [-0.15, -0.1) is 0 Å². The van der Waals surface area contributed by atoms with Gasteiger partial charge in [-0.05, 0) is 30.9 Å². The molecule has 1 aromatic rings. The topological polar surface area (TPSA) is 12.5 Å². The van der Waals surface area contributed by atoms with Gasteiger partial charge >= 0.3 is 0 Å². The Balaban J connectivity index is 2.38. The molecular weight excluding hydrogens is 278 g/mol. The highest BCUT2D eigenvalue weighted by molar-refractivity contribution is 9.09. The summed E-state index contributed by atoms with van der Waals surface area (Å²) in [4.78, 5) is 2.08. The summed E-state index contributed by atoms with van der Waals surface area (Å²) < 4.78 is 5.77. The van der Waals surface area contributed by atoms with Crippen LogP contribution in [-0.2, 0) is 0 Å². The van der Waals surface area contributed by atoms with Crippen LogP contribution in [0.3, 0.4) is 0 Å². The van der Waals surface area contributed by atoms with Crippen LogP contribution in [0, 0.1) is 5.92 Å². The molecule has 0 aliphatic rings. The van der Waals surface area contributed by atoms with Crippen molar-refractivity contribution in [2.24, 2.45) is 5.92 Å². The van der Waals surface area contributed by atoms with Crippen LogP contribution in [0.15, 0.2) is 24.3 Å². The minimum atomic E-state index is 0.714. The molecule has 96 valence electrons. The molecule has 17 heavy (non-hydrogen) atoms. The summed E-state index contributed by atoms with van der Waals surface area (Å²) >= 11 is 3.47. The summed E-state index contributed by atoms with van der Waals surface area (Å²) in [5.41, 5.74) is 1.18. The first-order valence-corrected chi connectivity index (χ1v) is 7.21. The molecule has 0 radical (unpaired) electrons. The van der Waals surface area contributed by atoms with E-state index in [9.17, 15) is 0 Å². The fraction of sp³-hybridized carbons (Fsp3) is 0.571. The number of rotatable bonds is 7. The number of halogens is 1. The Hall–Kier alpha value is -0.700. The van der Waals surface area contributed by atoms with Gasteiger partial charge in [0.05, 0.1) is 6.61 Å². The lowest BCUT2D eigenvalue weighted by Crippen LogP contribution is -2.09. The standard InChI is InChI=1S/C14H22BrNO/c1-12(7-9-15)8-10-17-14-6-4-5-13(11-14)16(2)3/h4-6,11-12H,7-10H2,1-3H3. The highest BCUT2D eigenvalue weighted by Crippen LogP contribution is 2.20. The molecule has 0 fully saturated rings. The van der Waals surface area contributed by atoms with E-state index in [1.54, 1.807) is 0 Å². The molecule has 2 nitrogen and oxygen atoms in total. The highest BCUT2D eigenvalue weighted by atomic mass is 79.9. The third-order valence-corrected chi connectivity index (χ3v) is 3.27. The summed E-state index contributed by atoms with van der Waals surface area (Å²) in [6, 6.07) is 8.21. The maximum absolute atomic E-state index is 5.77. The summed E-state index contributed by atoms with van der Waals surface area (Å²) in [6.07, 6.45) is 2.32. The Labute approximate surface area is 113 Å². The van der Waals surface area contributed by atoms with Gasteiger partial charge in [-0.3, -0.25) is 0 Å². The molecule has 0 bridgehead atoms. The third kappa shape index (κ3) is 5.44. The van der Waals surface area contributed by atoms with Gasteiger partial charge in [-0.1, -0.05) is 28.9 Å². The number of benzene rings is 1. The summed E-state index contributed by atoms with van der Waals surface area (Å²) in [7, 11) is 4.08. The average molecular weight is 300 g/mol. The molecular formula is C14H22BrNO. The van der Waals surface area contributed by atoms with Crippen molar-refractivity contribution in [1.29, 1.82) is 0 Å². The van der Waals surface area contributed by atoms with Gasteiger partial charge < -0.3 is 9.64 Å². The second-order valence-corrected chi connectivity index (χ2v) is 5.40. The van der Waals surface area contributed by atoms with E-state index in [4.69, 9.17) is 4.74 Å². The van der Waals surface area contributed by atoms with Crippen molar-refractivity contribution in [2.75, 3.05) is 30.9 Å². The molecule has 1 aromatic carbocycles. The fourth-order valence-electron chi connectivity index (χ4n) is 1.56. The van der Waals surface area contributed by atoms with E-state index in [0.717, 1.165) is 24.1 Å². The Morgan fingerprint density at radius 2 is 2.06 bits per heavy atom. The van der Waals surface area contributed by atoms with Crippen LogP contribution in [0.25, 0.3) is 0 Å². The van der Waals surface area contributed by atoms with Crippen molar-refractivity contribution >= 4 is 21.6 Å². The van der Waals surface area contributed by atoms with Crippen molar-refractivity contribution in [3.63, 3.8) is 0 Å². The van der Waals surface area contributed by atoms with E-state index in [1.807, 2.05) is 26.2 Å². The van der Waals surface area contributed by atoms with Gasteiger partial charge in [-0.2, -0.15) is 0 Å². The zero-order valence-corrected chi connectivity index (χ0v) is 12.5.